The number of nitrogens with zero attached hydrogens (tertiary/aromatic N) is 4. The summed E-state index contributed by atoms with van der Waals surface area (Å²) in [4.78, 5) is 19.4. The molecule has 0 bridgehead atoms. The van der Waals surface area contributed by atoms with Gasteiger partial charge in [-0.05, 0) is 55.2 Å². The summed E-state index contributed by atoms with van der Waals surface area (Å²) in [5.74, 6) is 0.964. The Morgan fingerprint density at radius 1 is 1.00 bits per heavy atom. The number of anilines is 1. The van der Waals surface area contributed by atoms with E-state index >= 15 is 0 Å². The molecule has 5 nitrogen and oxygen atoms in total. The number of rotatable bonds is 5. The summed E-state index contributed by atoms with van der Waals surface area (Å²) >= 11 is 0. The van der Waals surface area contributed by atoms with Gasteiger partial charge >= 0.3 is 0 Å². The van der Waals surface area contributed by atoms with Crippen LogP contribution >= 0.6 is 0 Å². The van der Waals surface area contributed by atoms with Gasteiger partial charge in [0, 0.05) is 43.2 Å². The zero-order valence-electron chi connectivity index (χ0n) is 15.9. The lowest BCUT2D eigenvalue weighted by Crippen LogP contribution is -2.30. The summed E-state index contributed by atoms with van der Waals surface area (Å²) in [6, 6.07) is 15.6. The Kier molecular flexibility index (Phi) is 5.61. The van der Waals surface area contributed by atoms with Gasteiger partial charge in [0.1, 0.15) is 5.82 Å². The monoisotopic (exact) mass is 372 g/mol. The molecule has 0 aliphatic carbocycles. The standard InChI is InChI=1S/C23H24N4O/c28-23(27-18-6-15-24-27)20-13-11-19(12-14-20)7-4-8-21-9-5-10-22(25-21)26-16-2-1-3-17-26/h4-7,9-15,18H,1-3,8,16-17H2. The predicted molar refractivity (Wildman–Crippen MR) is 111 cm³/mol. The molecule has 0 N–H and O–H groups in total. The SMILES string of the molecule is O=C(c1ccc(C=CCc2cccc(N3CCCCC3)n2)cc1)n1cccn1. The molecule has 0 radical (unpaired) electrons. The summed E-state index contributed by atoms with van der Waals surface area (Å²) in [5.41, 5.74) is 2.76. The third-order valence-corrected chi connectivity index (χ3v) is 4.98. The second kappa shape index (κ2) is 8.65. The van der Waals surface area contributed by atoms with Crippen molar-refractivity contribution in [3.8, 4) is 0 Å². The Morgan fingerprint density at radius 3 is 2.57 bits per heavy atom. The van der Waals surface area contributed by atoms with Crippen molar-refractivity contribution in [1.82, 2.24) is 14.8 Å². The number of allylic oxidation sites excluding steroid dienone is 1. The fraction of sp³-hybridized carbons (Fsp3) is 0.261. The van der Waals surface area contributed by atoms with Crippen LogP contribution in [0.1, 0.15) is 40.9 Å². The normalized spacial score (nSPS) is 14.5. The quantitative estimate of drug-likeness (QED) is 0.673. The summed E-state index contributed by atoms with van der Waals surface area (Å²) < 4.78 is 1.34. The average Bonchev–Trinajstić information content (AvgIpc) is 3.30. The molecule has 1 saturated heterocycles. The smallest absolute Gasteiger partial charge is 0.278 e. The van der Waals surface area contributed by atoms with Crippen LogP contribution in [0.4, 0.5) is 5.82 Å². The van der Waals surface area contributed by atoms with Crippen LogP contribution in [0.2, 0.25) is 0 Å². The van der Waals surface area contributed by atoms with Gasteiger partial charge in [0.15, 0.2) is 0 Å². The van der Waals surface area contributed by atoms with Gasteiger partial charge in [-0.2, -0.15) is 5.10 Å². The minimum atomic E-state index is -0.126. The van der Waals surface area contributed by atoms with E-state index in [1.54, 1.807) is 18.5 Å². The summed E-state index contributed by atoms with van der Waals surface area (Å²) in [6.07, 6.45) is 12.1. The van der Waals surface area contributed by atoms with E-state index in [2.05, 4.69) is 40.3 Å². The Labute approximate surface area is 165 Å². The highest BCUT2D eigenvalue weighted by molar-refractivity contribution is 5.95. The molecule has 2 aromatic heterocycles. The van der Waals surface area contributed by atoms with Crippen LogP contribution in [0.5, 0.6) is 0 Å². The highest BCUT2D eigenvalue weighted by Gasteiger charge is 2.12. The largest absolute Gasteiger partial charge is 0.357 e. The predicted octanol–water partition coefficient (Wildman–Crippen LogP) is 4.21. The second-order valence-corrected chi connectivity index (χ2v) is 7.02. The van der Waals surface area contributed by atoms with Gasteiger partial charge in [-0.3, -0.25) is 4.79 Å². The van der Waals surface area contributed by atoms with Crippen LogP contribution < -0.4 is 4.90 Å². The van der Waals surface area contributed by atoms with Crippen molar-refractivity contribution >= 4 is 17.8 Å². The Balaban J connectivity index is 1.37. The first kappa shape index (κ1) is 18.2. The topological polar surface area (TPSA) is 51.0 Å². The zero-order valence-corrected chi connectivity index (χ0v) is 15.9. The molecule has 1 fully saturated rings. The fourth-order valence-electron chi connectivity index (χ4n) is 3.45. The molecule has 1 aromatic carbocycles. The molecule has 0 amide bonds. The number of hydrogen-bond donors (Lipinski definition) is 0. The van der Waals surface area contributed by atoms with Gasteiger partial charge in [-0.15, -0.1) is 0 Å². The third-order valence-electron chi connectivity index (χ3n) is 4.98. The highest BCUT2D eigenvalue weighted by Crippen LogP contribution is 2.18. The first-order valence-corrected chi connectivity index (χ1v) is 9.81. The number of carbonyl (C=O) groups excluding carboxylic acids is 1. The molecule has 1 aliphatic rings. The van der Waals surface area contributed by atoms with E-state index in [4.69, 9.17) is 4.98 Å². The summed E-state index contributed by atoms with van der Waals surface area (Å²) in [7, 11) is 0. The first-order chi connectivity index (χ1) is 13.8. The van der Waals surface area contributed by atoms with E-state index in [1.165, 1.54) is 23.9 Å². The van der Waals surface area contributed by atoms with E-state index < -0.39 is 0 Å². The molecule has 0 saturated carbocycles. The number of aromatic nitrogens is 3. The molecule has 142 valence electrons. The van der Waals surface area contributed by atoms with Crippen LogP contribution in [0, 0.1) is 0 Å². The van der Waals surface area contributed by atoms with Gasteiger partial charge in [-0.1, -0.05) is 30.4 Å². The Morgan fingerprint density at radius 2 is 1.82 bits per heavy atom. The molecule has 3 aromatic rings. The molecule has 28 heavy (non-hydrogen) atoms. The van der Waals surface area contributed by atoms with Crippen LogP contribution in [0.3, 0.4) is 0 Å². The molecule has 0 spiro atoms. The van der Waals surface area contributed by atoms with Crippen molar-refractivity contribution in [2.75, 3.05) is 18.0 Å². The van der Waals surface area contributed by atoms with Crippen molar-refractivity contribution in [1.29, 1.82) is 0 Å². The lowest BCUT2D eigenvalue weighted by Gasteiger charge is -2.27. The summed E-state index contributed by atoms with van der Waals surface area (Å²) in [5, 5.41) is 3.98. The van der Waals surface area contributed by atoms with E-state index in [0.29, 0.717) is 5.56 Å². The zero-order chi connectivity index (χ0) is 19.2. The average molecular weight is 372 g/mol. The number of pyridine rings is 1. The lowest BCUT2D eigenvalue weighted by atomic mass is 10.1. The molecule has 4 rings (SSSR count). The van der Waals surface area contributed by atoms with Crippen molar-refractivity contribution in [3.05, 3.63) is 83.8 Å². The van der Waals surface area contributed by atoms with Crippen molar-refractivity contribution in [3.63, 3.8) is 0 Å². The summed E-state index contributed by atoms with van der Waals surface area (Å²) in [6.45, 7) is 2.21. The maximum atomic E-state index is 12.3. The maximum Gasteiger partial charge on any atom is 0.278 e. The van der Waals surface area contributed by atoms with E-state index in [1.807, 2.05) is 24.3 Å². The van der Waals surface area contributed by atoms with Crippen molar-refractivity contribution in [2.45, 2.75) is 25.7 Å². The van der Waals surface area contributed by atoms with E-state index in [9.17, 15) is 4.79 Å². The van der Waals surface area contributed by atoms with Gasteiger partial charge in [0.05, 0.1) is 0 Å². The Bertz CT molecular complexity index is 939. The van der Waals surface area contributed by atoms with Crippen molar-refractivity contribution < 1.29 is 4.79 Å². The molecule has 5 heteroatoms. The van der Waals surface area contributed by atoms with Crippen LogP contribution in [0.25, 0.3) is 6.08 Å². The van der Waals surface area contributed by atoms with E-state index in [-0.39, 0.29) is 5.91 Å². The van der Waals surface area contributed by atoms with Gasteiger partial charge < -0.3 is 4.90 Å². The molecule has 3 heterocycles. The van der Waals surface area contributed by atoms with E-state index in [0.717, 1.165) is 36.6 Å². The molecule has 1 aliphatic heterocycles. The number of piperidine rings is 1. The van der Waals surface area contributed by atoms with Crippen LogP contribution in [-0.2, 0) is 6.42 Å². The highest BCUT2D eigenvalue weighted by atomic mass is 16.2. The number of hydrogen-bond acceptors (Lipinski definition) is 4. The Hall–Kier alpha value is -3.21. The molecule has 0 atom stereocenters. The minimum absolute atomic E-state index is 0.126. The maximum absolute atomic E-state index is 12.3. The van der Waals surface area contributed by atoms with Gasteiger partial charge in [0.25, 0.3) is 5.91 Å². The van der Waals surface area contributed by atoms with Gasteiger partial charge in [0.2, 0.25) is 0 Å². The number of carbonyl (C=O) groups is 1. The van der Waals surface area contributed by atoms with Crippen LogP contribution in [0.15, 0.2) is 67.0 Å². The molecular weight excluding hydrogens is 348 g/mol. The van der Waals surface area contributed by atoms with Crippen LogP contribution in [-0.4, -0.2) is 33.8 Å². The molecular formula is C23H24N4O. The fourth-order valence-corrected chi connectivity index (χ4v) is 3.45. The van der Waals surface area contributed by atoms with Crippen molar-refractivity contribution in [2.24, 2.45) is 0 Å². The molecule has 0 unspecified atom stereocenters. The second-order valence-electron chi connectivity index (χ2n) is 7.02. The number of benzene rings is 1. The first-order valence-electron chi connectivity index (χ1n) is 9.81. The third kappa shape index (κ3) is 4.36. The minimum Gasteiger partial charge on any atom is -0.357 e. The van der Waals surface area contributed by atoms with Gasteiger partial charge in [-0.25, -0.2) is 9.67 Å². The lowest BCUT2D eigenvalue weighted by molar-refractivity contribution is 0.0945.